The van der Waals surface area contributed by atoms with Crippen molar-refractivity contribution in [1.29, 1.82) is 0 Å². The Kier molecular flexibility index (Phi) is 3.56. The Morgan fingerprint density at radius 3 is 2.45 bits per heavy atom. The van der Waals surface area contributed by atoms with Gasteiger partial charge in [0.25, 0.3) is 0 Å². The summed E-state index contributed by atoms with van der Waals surface area (Å²) >= 11 is 5.47. The number of rotatable bonds is 1. The third kappa shape index (κ3) is 2.65. The molecule has 0 N–H and O–H groups in total. The molecule has 0 aromatic carbocycles. The highest BCUT2D eigenvalue weighted by molar-refractivity contribution is 6.26. The predicted octanol–water partition coefficient (Wildman–Crippen LogP) is 3.98. The molecule has 0 amide bonds. The van der Waals surface area contributed by atoms with Crippen molar-refractivity contribution in [2.24, 2.45) is 11.1 Å². The summed E-state index contributed by atoms with van der Waals surface area (Å²) in [6.07, 6.45) is -8.65. The number of oxime groups is 1. The van der Waals surface area contributed by atoms with Crippen LogP contribution in [0, 0.1) is 5.92 Å². The van der Waals surface area contributed by atoms with Crippen molar-refractivity contribution < 1.29 is 31.2 Å². The Hall–Kier alpha value is -1.18. The van der Waals surface area contributed by atoms with E-state index >= 15 is 0 Å². The lowest BCUT2D eigenvalue weighted by atomic mass is 9.86. The minimum absolute atomic E-state index is 0.216. The molecule has 3 atom stereocenters. The molecule has 1 aliphatic heterocycles. The molecule has 0 saturated heterocycles. The summed E-state index contributed by atoms with van der Waals surface area (Å²) in [5, 5.41) is 3.05. The van der Waals surface area contributed by atoms with Gasteiger partial charge in [0.05, 0.1) is 12.1 Å². The first-order valence-corrected chi connectivity index (χ1v) is 5.83. The second kappa shape index (κ2) is 4.68. The van der Waals surface area contributed by atoms with E-state index in [1.54, 1.807) is 0 Å². The van der Waals surface area contributed by atoms with Gasteiger partial charge in [-0.3, -0.25) is 0 Å². The molecule has 1 heterocycles. The number of allylic oxidation sites excluding steroid dienone is 3. The molecule has 2 rings (SSSR count). The SMILES string of the molecule is FC(F)(F)C1ON=CC1C1=CC(Cl)(C(F)(F)F)CC=C1. The first-order chi connectivity index (χ1) is 9.05. The third-order valence-corrected chi connectivity index (χ3v) is 3.50. The monoisotopic (exact) mass is 319 g/mol. The Bertz CT molecular complexity index is 480. The largest absolute Gasteiger partial charge is 0.429 e. The van der Waals surface area contributed by atoms with Crippen LogP contribution in [0.3, 0.4) is 0 Å². The van der Waals surface area contributed by atoms with Crippen LogP contribution in [0.15, 0.2) is 29.0 Å². The zero-order valence-electron chi connectivity index (χ0n) is 9.67. The summed E-state index contributed by atoms with van der Waals surface area (Å²) in [4.78, 5) is 1.48. The highest BCUT2D eigenvalue weighted by Crippen LogP contribution is 2.45. The van der Waals surface area contributed by atoms with E-state index in [4.69, 9.17) is 11.6 Å². The van der Waals surface area contributed by atoms with Crippen LogP contribution in [-0.4, -0.2) is 29.5 Å². The molecule has 0 radical (unpaired) electrons. The Balaban J connectivity index is 2.33. The van der Waals surface area contributed by atoms with Crippen LogP contribution in [0.25, 0.3) is 0 Å². The average Bonchev–Trinajstić information content (AvgIpc) is 2.75. The molecule has 0 spiro atoms. The molecule has 2 aliphatic rings. The second-order valence-electron chi connectivity index (χ2n) is 4.46. The van der Waals surface area contributed by atoms with Crippen LogP contribution in [0.4, 0.5) is 26.3 Å². The van der Waals surface area contributed by atoms with E-state index in [0.29, 0.717) is 6.08 Å². The van der Waals surface area contributed by atoms with Crippen molar-refractivity contribution in [2.75, 3.05) is 0 Å². The molecular weight excluding hydrogens is 312 g/mol. The van der Waals surface area contributed by atoms with Crippen molar-refractivity contribution in [2.45, 2.75) is 29.8 Å². The smallest absolute Gasteiger partial charge is 0.382 e. The molecule has 112 valence electrons. The Labute approximate surface area is 114 Å². The summed E-state index contributed by atoms with van der Waals surface area (Å²) < 4.78 is 76.5. The maximum atomic E-state index is 12.8. The van der Waals surface area contributed by atoms with Crippen molar-refractivity contribution in [3.05, 3.63) is 23.8 Å². The average molecular weight is 320 g/mol. The van der Waals surface area contributed by atoms with Gasteiger partial charge in [-0.1, -0.05) is 23.4 Å². The van der Waals surface area contributed by atoms with E-state index < -0.39 is 35.7 Å². The molecule has 9 heteroatoms. The van der Waals surface area contributed by atoms with E-state index in [0.717, 1.165) is 12.3 Å². The Morgan fingerprint density at radius 1 is 1.25 bits per heavy atom. The van der Waals surface area contributed by atoms with Gasteiger partial charge in [0.15, 0.2) is 4.87 Å². The lowest BCUT2D eigenvalue weighted by Crippen LogP contribution is -2.41. The fraction of sp³-hybridized carbons (Fsp3) is 0.545. The van der Waals surface area contributed by atoms with Gasteiger partial charge in [0, 0.05) is 0 Å². The van der Waals surface area contributed by atoms with Gasteiger partial charge < -0.3 is 4.84 Å². The van der Waals surface area contributed by atoms with E-state index in [-0.39, 0.29) is 5.57 Å². The first kappa shape index (κ1) is 15.2. The number of alkyl halides is 7. The van der Waals surface area contributed by atoms with Crippen molar-refractivity contribution in [1.82, 2.24) is 0 Å². The first-order valence-electron chi connectivity index (χ1n) is 5.45. The minimum Gasteiger partial charge on any atom is -0.382 e. The van der Waals surface area contributed by atoms with Gasteiger partial charge in [-0.25, -0.2) is 0 Å². The lowest BCUT2D eigenvalue weighted by molar-refractivity contribution is -0.219. The van der Waals surface area contributed by atoms with Crippen LogP contribution in [-0.2, 0) is 4.84 Å². The van der Waals surface area contributed by atoms with E-state index in [1.165, 1.54) is 6.08 Å². The van der Waals surface area contributed by atoms with Crippen LogP contribution < -0.4 is 0 Å². The van der Waals surface area contributed by atoms with Gasteiger partial charge in [-0.2, -0.15) is 26.3 Å². The molecule has 3 unspecified atom stereocenters. The number of halogens is 7. The molecule has 0 aromatic heterocycles. The molecule has 0 bridgehead atoms. The fourth-order valence-corrected chi connectivity index (χ4v) is 2.19. The number of hydrogen-bond donors (Lipinski definition) is 0. The molecule has 0 aromatic rings. The maximum absolute atomic E-state index is 12.8. The summed E-state index contributed by atoms with van der Waals surface area (Å²) in [6, 6.07) is 0. The van der Waals surface area contributed by atoms with Gasteiger partial charge in [-0.05, 0) is 12.0 Å². The molecular formula is C11H8ClF6NO. The summed E-state index contributed by atoms with van der Waals surface area (Å²) in [5.41, 5.74) is -0.216. The van der Waals surface area contributed by atoms with Gasteiger partial charge in [0.2, 0.25) is 6.10 Å². The fourth-order valence-electron chi connectivity index (χ4n) is 1.98. The summed E-state index contributed by atoms with van der Waals surface area (Å²) in [6.45, 7) is 0. The number of nitrogens with zero attached hydrogens (tertiary/aromatic N) is 1. The van der Waals surface area contributed by atoms with E-state index in [1.807, 2.05) is 0 Å². The van der Waals surface area contributed by atoms with Gasteiger partial charge >= 0.3 is 12.4 Å². The predicted molar refractivity (Wildman–Crippen MR) is 59.4 cm³/mol. The molecule has 20 heavy (non-hydrogen) atoms. The van der Waals surface area contributed by atoms with E-state index in [2.05, 4.69) is 9.99 Å². The highest BCUT2D eigenvalue weighted by Gasteiger charge is 2.55. The second-order valence-corrected chi connectivity index (χ2v) is 5.13. The molecule has 0 fully saturated rings. The van der Waals surface area contributed by atoms with Crippen molar-refractivity contribution in [3.63, 3.8) is 0 Å². The van der Waals surface area contributed by atoms with Crippen LogP contribution >= 0.6 is 11.6 Å². The number of hydrogen-bond acceptors (Lipinski definition) is 2. The van der Waals surface area contributed by atoms with Crippen molar-refractivity contribution in [3.8, 4) is 0 Å². The lowest BCUT2D eigenvalue weighted by Gasteiger charge is -2.30. The quantitative estimate of drug-likeness (QED) is 0.529. The topological polar surface area (TPSA) is 21.6 Å². The molecule has 0 saturated carbocycles. The Morgan fingerprint density at radius 2 is 1.90 bits per heavy atom. The van der Waals surface area contributed by atoms with Crippen LogP contribution in [0.2, 0.25) is 0 Å². The maximum Gasteiger partial charge on any atom is 0.429 e. The normalized spacial score (nSPS) is 34.0. The van der Waals surface area contributed by atoms with Crippen LogP contribution in [0.1, 0.15) is 6.42 Å². The third-order valence-electron chi connectivity index (χ3n) is 3.02. The van der Waals surface area contributed by atoms with Crippen LogP contribution in [0.5, 0.6) is 0 Å². The van der Waals surface area contributed by atoms with Gasteiger partial charge in [-0.15, -0.1) is 11.6 Å². The summed E-state index contributed by atoms with van der Waals surface area (Å²) in [5.74, 6) is -1.44. The highest BCUT2D eigenvalue weighted by atomic mass is 35.5. The van der Waals surface area contributed by atoms with Crippen molar-refractivity contribution >= 4 is 17.8 Å². The standard InChI is InChI=1S/C11H8ClF6NO/c12-9(11(16,17)18)3-1-2-6(4-9)7-5-19-20-8(7)10(13,14)15/h1-2,4-5,7-8H,3H2. The molecule has 1 aliphatic carbocycles. The molecule has 2 nitrogen and oxygen atoms in total. The van der Waals surface area contributed by atoms with Gasteiger partial charge in [0.1, 0.15) is 0 Å². The zero-order chi connectivity index (χ0) is 15.2. The summed E-state index contributed by atoms with van der Waals surface area (Å²) in [7, 11) is 0. The minimum atomic E-state index is -4.77. The zero-order valence-corrected chi connectivity index (χ0v) is 10.4. The van der Waals surface area contributed by atoms with E-state index in [9.17, 15) is 26.3 Å².